The lowest BCUT2D eigenvalue weighted by Crippen LogP contribution is -1.98. The van der Waals surface area contributed by atoms with E-state index in [2.05, 4.69) is 12.6 Å². The van der Waals surface area contributed by atoms with Crippen molar-refractivity contribution in [1.29, 1.82) is 0 Å². The molecule has 0 aliphatic rings. The smallest absolute Gasteiger partial charge is 0.175 e. The average molecular weight is 250 g/mol. The number of benzene rings is 1. The molecule has 0 aromatic heterocycles. The van der Waals surface area contributed by atoms with E-state index in [9.17, 15) is 13.2 Å². The maximum atomic E-state index is 12.1. The number of hydrogen-bond acceptors (Lipinski definition) is 2. The van der Waals surface area contributed by atoms with Gasteiger partial charge in [0, 0.05) is 10.6 Å². The van der Waals surface area contributed by atoms with Crippen LogP contribution in [0, 0.1) is 0 Å². The molecule has 0 radical (unpaired) electrons. The second-order valence-corrected chi connectivity index (χ2v) is 4.21. The Balaban J connectivity index is 2.79. The number of alkyl halides is 3. The van der Waals surface area contributed by atoms with E-state index in [4.69, 9.17) is 0 Å². The standard InChI is InChI=1S/C10H9F3S2/c11-10(12,13)15-9-5-1-3-8(7-9)4-2-6-14/h1-5,7,14H,6H2. The number of thiol groups is 1. The summed E-state index contributed by atoms with van der Waals surface area (Å²) in [6.07, 6.45) is 3.52. The molecule has 0 spiro atoms. The predicted octanol–water partition coefficient (Wildman–Crippen LogP) is 4.24. The Morgan fingerprint density at radius 3 is 2.67 bits per heavy atom. The minimum absolute atomic E-state index is 0.105. The molecule has 0 N–H and O–H groups in total. The van der Waals surface area contributed by atoms with E-state index < -0.39 is 5.51 Å². The van der Waals surface area contributed by atoms with Crippen LogP contribution in [-0.2, 0) is 0 Å². The molecule has 0 unspecified atom stereocenters. The normalized spacial score (nSPS) is 12.3. The van der Waals surface area contributed by atoms with Gasteiger partial charge in [-0.2, -0.15) is 25.8 Å². The summed E-state index contributed by atoms with van der Waals surface area (Å²) < 4.78 is 36.2. The van der Waals surface area contributed by atoms with Gasteiger partial charge in [-0.25, -0.2) is 0 Å². The van der Waals surface area contributed by atoms with Crippen LogP contribution in [-0.4, -0.2) is 11.3 Å². The third kappa shape index (κ3) is 5.18. The van der Waals surface area contributed by atoms with Gasteiger partial charge in [-0.1, -0.05) is 24.3 Å². The number of rotatable bonds is 3. The maximum Gasteiger partial charge on any atom is 0.446 e. The van der Waals surface area contributed by atoms with E-state index in [1.807, 2.05) is 0 Å². The van der Waals surface area contributed by atoms with E-state index >= 15 is 0 Å². The predicted molar refractivity (Wildman–Crippen MR) is 61.2 cm³/mol. The SMILES string of the molecule is FC(F)(F)Sc1cccc(C=CCS)c1. The molecule has 0 aliphatic heterocycles. The zero-order chi connectivity index (χ0) is 11.3. The monoisotopic (exact) mass is 250 g/mol. The van der Waals surface area contributed by atoms with Gasteiger partial charge in [-0.05, 0) is 29.5 Å². The summed E-state index contributed by atoms with van der Waals surface area (Å²) >= 11 is 3.87. The molecule has 1 aromatic rings. The summed E-state index contributed by atoms with van der Waals surface area (Å²) in [5.74, 6) is 0.566. The summed E-state index contributed by atoms with van der Waals surface area (Å²) in [7, 11) is 0. The zero-order valence-corrected chi connectivity index (χ0v) is 9.37. The van der Waals surface area contributed by atoms with Crippen LogP contribution in [0.3, 0.4) is 0 Å². The van der Waals surface area contributed by atoms with Gasteiger partial charge in [-0.3, -0.25) is 0 Å². The molecule has 82 valence electrons. The van der Waals surface area contributed by atoms with Gasteiger partial charge in [0.2, 0.25) is 0 Å². The molecule has 1 aromatic carbocycles. The van der Waals surface area contributed by atoms with Gasteiger partial charge >= 0.3 is 5.51 Å². The quantitative estimate of drug-likeness (QED) is 0.618. The van der Waals surface area contributed by atoms with Crippen molar-refractivity contribution in [3.8, 4) is 0 Å². The molecule has 0 saturated carbocycles. The van der Waals surface area contributed by atoms with Crippen molar-refractivity contribution in [2.24, 2.45) is 0 Å². The lowest BCUT2D eigenvalue weighted by molar-refractivity contribution is -0.0328. The van der Waals surface area contributed by atoms with Gasteiger partial charge in [0.05, 0.1) is 0 Å². The molecular weight excluding hydrogens is 241 g/mol. The Kier molecular flexibility index (Phi) is 4.60. The summed E-state index contributed by atoms with van der Waals surface area (Å²) in [6, 6.07) is 6.29. The number of halogens is 3. The first-order valence-electron chi connectivity index (χ1n) is 4.14. The topological polar surface area (TPSA) is 0 Å². The fraction of sp³-hybridized carbons (Fsp3) is 0.200. The van der Waals surface area contributed by atoms with E-state index in [-0.39, 0.29) is 16.7 Å². The third-order valence-corrected chi connectivity index (χ3v) is 2.44. The lowest BCUT2D eigenvalue weighted by Gasteiger charge is -2.05. The van der Waals surface area contributed by atoms with E-state index in [1.54, 1.807) is 24.3 Å². The molecule has 0 saturated heterocycles. The Morgan fingerprint density at radius 1 is 1.33 bits per heavy atom. The highest BCUT2D eigenvalue weighted by atomic mass is 32.2. The highest BCUT2D eigenvalue weighted by Crippen LogP contribution is 2.36. The van der Waals surface area contributed by atoms with Crippen molar-refractivity contribution in [2.45, 2.75) is 10.4 Å². The summed E-state index contributed by atoms with van der Waals surface area (Å²) in [5, 5.41) is 0. The zero-order valence-electron chi connectivity index (χ0n) is 7.66. The molecule has 5 heteroatoms. The second-order valence-electron chi connectivity index (χ2n) is 2.71. The Hall–Kier alpha value is -0.550. The Labute approximate surface area is 96.0 Å². The van der Waals surface area contributed by atoms with Crippen LogP contribution in [0.25, 0.3) is 6.08 Å². The number of hydrogen-bond donors (Lipinski definition) is 1. The molecule has 0 bridgehead atoms. The van der Waals surface area contributed by atoms with Crippen molar-refractivity contribution in [3.63, 3.8) is 0 Å². The fourth-order valence-electron chi connectivity index (χ4n) is 1.00. The van der Waals surface area contributed by atoms with Crippen molar-refractivity contribution in [2.75, 3.05) is 5.75 Å². The fourth-order valence-corrected chi connectivity index (χ4v) is 1.72. The summed E-state index contributed by atoms with van der Waals surface area (Å²) in [5.41, 5.74) is -3.48. The van der Waals surface area contributed by atoms with Gasteiger partial charge in [0.15, 0.2) is 0 Å². The van der Waals surface area contributed by atoms with Crippen LogP contribution < -0.4 is 0 Å². The molecule has 0 heterocycles. The molecule has 0 fully saturated rings. The molecule has 0 aliphatic carbocycles. The largest absolute Gasteiger partial charge is 0.446 e. The molecule has 0 amide bonds. The first-order valence-corrected chi connectivity index (χ1v) is 5.59. The lowest BCUT2D eigenvalue weighted by atomic mass is 10.2. The minimum Gasteiger partial charge on any atom is -0.175 e. The maximum absolute atomic E-state index is 12.1. The van der Waals surface area contributed by atoms with Crippen LogP contribution >= 0.6 is 24.4 Å². The third-order valence-electron chi connectivity index (χ3n) is 1.51. The average Bonchev–Trinajstić information content (AvgIpc) is 2.12. The van der Waals surface area contributed by atoms with Gasteiger partial charge in [0.25, 0.3) is 0 Å². The second kappa shape index (κ2) is 5.51. The summed E-state index contributed by atoms with van der Waals surface area (Å²) in [4.78, 5) is 0.198. The first kappa shape index (κ1) is 12.5. The molecular formula is C10H9F3S2. The summed E-state index contributed by atoms with van der Waals surface area (Å²) in [6.45, 7) is 0. The van der Waals surface area contributed by atoms with Crippen molar-refractivity contribution in [3.05, 3.63) is 35.9 Å². The van der Waals surface area contributed by atoms with E-state index in [1.165, 1.54) is 12.1 Å². The van der Waals surface area contributed by atoms with Crippen molar-refractivity contribution < 1.29 is 13.2 Å². The Bertz CT molecular complexity index is 345. The van der Waals surface area contributed by atoms with E-state index in [0.29, 0.717) is 5.75 Å². The highest BCUT2D eigenvalue weighted by Gasteiger charge is 2.28. The van der Waals surface area contributed by atoms with Crippen LogP contribution in [0.15, 0.2) is 35.2 Å². The van der Waals surface area contributed by atoms with Crippen LogP contribution in [0.2, 0.25) is 0 Å². The Morgan fingerprint density at radius 2 is 2.07 bits per heavy atom. The van der Waals surface area contributed by atoms with Gasteiger partial charge in [-0.15, -0.1) is 0 Å². The molecule has 15 heavy (non-hydrogen) atoms. The number of thioether (sulfide) groups is 1. The first-order chi connectivity index (χ1) is 7.01. The highest BCUT2D eigenvalue weighted by molar-refractivity contribution is 8.00. The van der Waals surface area contributed by atoms with Crippen LogP contribution in [0.5, 0.6) is 0 Å². The van der Waals surface area contributed by atoms with Gasteiger partial charge in [0.1, 0.15) is 0 Å². The molecule has 0 nitrogen and oxygen atoms in total. The molecule has 0 atom stereocenters. The van der Waals surface area contributed by atoms with Crippen molar-refractivity contribution in [1.82, 2.24) is 0 Å². The van der Waals surface area contributed by atoms with E-state index in [0.717, 1.165) is 5.56 Å². The van der Waals surface area contributed by atoms with Crippen molar-refractivity contribution >= 4 is 30.5 Å². The van der Waals surface area contributed by atoms with Crippen LogP contribution in [0.4, 0.5) is 13.2 Å². The van der Waals surface area contributed by atoms with Crippen LogP contribution in [0.1, 0.15) is 5.56 Å². The molecule has 1 rings (SSSR count). The van der Waals surface area contributed by atoms with Gasteiger partial charge < -0.3 is 0 Å². The minimum atomic E-state index is -4.23.